The zero-order valence-electron chi connectivity index (χ0n) is 19.9. The minimum absolute atomic E-state index is 1.24. The second-order valence-corrected chi connectivity index (χ2v) is 9.31. The van der Waals surface area contributed by atoms with Crippen molar-refractivity contribution in [1.82, 2.24) is 0 Å². The molecule has 7 aromatic rings. The molecule has 36 heavy (non-hydrogen) atoms. The Bertz CT molecular complexity index is 1810. The average molecular weight is 457 g/mol. The van der Waals surface area contributed by atoms with Gasteiger partial charge in [0.15, 0.2) is 0 Å². The predicted octanol–water partition coefficient (Wildman–Crippen LogP) is 10.1. The second-order valence-electron chi connectivity index (χ2n) is 9.31. The first-order valence-electron chi connectivity index (χ1n) is 12.5. The van der Waals surface area contributed by atoms with Gasteiger partial charge in [-0.3, -0.25) is 0 Å². The van der Waals surface area contributed by atoms with Crippen LogP contribution in [0.1, 0.15) is 0 Å². The Morgan fingerprint density at radius 2 is 0.750 bits per heavy atom. The molecule has 0 amide bonds. The second kappa shape index (κ2) is 8.52. The van der Waals surface area contributed by atoms with Gasteiger partial charge >= 0.3 is 0 Å². The highest BCUT2D eigenvalue weighted by atomic mass is 14.2. The largest absolute Gasteiger partial charge is 0.0622 e. The summed E-state index contributed by atoms with van der Waals surface area (Å²) in [4.78, 5) is 0. The summed E-state index contributed by atoms with van der Waals surface area (Å²) in [7, 11) is 0. The van der Waals surface area contributed by atoms with E-state index in [-0.39, 0.29) is 0 Å². The molecule has 0 unspecified atom stereocenters. The SMILES string of the molecule is c1ccc(-c2cccc(-c3c4ccccc4c(-c4cccc5ccccc45)c4ccccc34)c2)cc1. The monoisotopic (exact) mass is 456 g/mol. The van der Waals surface area contributed by atoms with Crippen LogP contribution < -0.4 is 0 Å². The molecule has 0 aliphatic heterocycles. The predicted molar refractivity (Wildman–Crippen MR) is 155 cm³/mol. The summed E-state index contributed by atoms with van der Waals surface area (Å²) >= 11 is 0. The van der Waals surface area contributed by atoms with Crippen molar-refractivity contribution in [2.45, 2.75) is 0 Å². The van der Waals surface area contributed by atoms with Gasteiger partial charge in [0.1, 0.15) is 0 Å². The van der Waals surface area contributed by atoms with Crippen molar-refractivity contribution in [3.63, 3.8) is 0 Å². The Labute approximate surface area is 211 Å². The summed E-state index contributed by atoms with van der Waals surface area (Å²) in [6.45, 7) is 0. The van der Waals surface area contributed by atoms with Gasteiger partial charge in [-0.05, 0) is 71.8 Å². The van der Waals surface area contributed by atoms with Gasteiger partial charge in [0.05, 0.1) is 0 Å². The molecule has 0 fully saturated rings. The van der Waals surface area contributed by atoms with Gasteiger partial charge in [0, 0.05) is 0 Å². The molecule has 0 nitrogen and oxygen atoms in total. The number of hydrogen-bond donors (Lipinski definition) is 0. The van der Waals surface area contributed by atoms with Crippen LogP contribution in [-0.2, 0) is 0 Å². The maximum Gasteiger partial charge on any atom is -0.00201 e. The van der Waals surface area contributed by atoms with Crippen LogP contribution in [0.25, 0.3) is 65.7 Å². The van der Waals surface area contributed by atoms with E-state index in [9.17, 15) is 0 Å². The van der Waals surface area contributed by atoms with Gasteiger partial charge in [-0.1, -0.05) is 140 Å². The van der Waals surface area contributed by atoms with E-state index in [0.29, 0.717) is 0 Å². The van der Waals surface area contributed by atoms with Crippen molar-refractivity contribution in [1.29, 1.82) is 0 Å². The van der Waals surface area contributed by atoms with Crippen molar-refractivity contribution < 1.29 is 0 Å². The molecule has 0 aromatic heterocycles. The summed E-state index contributed by atoms with van der Waals surface area (Å²) in [6.07, 6.45) is 0. The highest BCUT2D eigenvalue weighted by Crippen LogP contribution is 2.45. The molecule has 0 aliphatic carbocycles. The van der Waals surface area contributed by atoms with Crippen LogP contribution in [0, 0.1) is 0 Å². The molecule has 0 N–H and O–H groups in total. The van der Waals surface area contributed by atoms with Crippen molar-refractivity contribution >= 4 is 32.3 Å². The highest BCUT2D eigenvalue weighted by Gasteiger charge is 2.17. The van der Waals surface area contributed by atoms with E-state index < -0.39 is 0 Å². The van der Waals surface area contributed by atoms with Crippen molar-refractivity contribution in [3.05, 3.63) is 146 Å². The molecule has 0 heteroatoms. The Morgan fingerprint density at radius 1 is 0.278 bits per heavy atom. The van der Waals surface area contributed by atoms with Crippen molar-refractivity contribution in [3.8, 4) is 33.4 Å². The number of hydrogen-bond acceptors (Lipinski definition) is 0. The summed E-state index contributed by atoms with van der Waals surface area (Å²) < 4.78 is 0. The summed E-state index contributed by atoms with van der Waals surface area (Å²) in [5.74, 6) is 0. The minimum atomic E-state index is 1.24. The molecule has 0 heterocycles. The molecule has 0 spiro atoms. The van der Waals surface area contributed by atoms with Crippen LogP contribution in [0.15, 0.2) is 146 Å². The third-order valence-electron chi connectivity index (χ3n) is 7.25. The number of fused-ring (bicyclic) bond motifs is 3. The van der Waals surface area contributed by atoms with E-state index >= 15 is 0 Å². The lowest BCUT2D eigenvalue weighted by Gasteiger charge is -2.19. The average Bonchev–Trinajstić information content (AvgIpc) is 2.96. The van der Waals surface area contributed by atoms with Gasteiger partial charge < -0.3 is 0 Å². The normalized spacial score (nSPS) is 11.3. The Kier molecular flexibility index (Phi) is 4.89. The van der Waals surface area contributed by atoms with E-state index in [2.05, 4.69) is 146 Å². The quantitative estimate of drug-likeness (QED) is 0.232. The zero-order chi connectivity index (χ0) is 23.9. The van der Waals surface area contributed by atoms with E-state index in [1.54, 1.807) is 0 Å². The fourth-order valence-electron chi connectivity index (χ4n) is 5.66. The standard InChI is InChI=1S/C36H24/c1-2-12-25(13-3-1)27-16-10-17-28(24-27)35-31-19-6-8-21-33(31)36(34-22-9-7-20-32(34)35)30-23-11-15-26-14-4-5-18-29(26)30/h1-24H. The van der Waals surface area contributed by atoms with Gasteiger partial charge in [-0.15, -0.1) is 0 Å². The number of rotatable bonds is 3. The molecule has 0 atom stereocenters. The fourth-order valence-corrected chi connectivity index (χ4v) is 5.66. The summed E-state index contributed by atoms with van der Waals surface area (Å²) in [5, 5.41) is 7.69. The van der Waals surface area contributed by atoms with Crippen LogP contribution >= 0.6 is 0 Å². The van der Waals surface area contributed by atoms with Gasteiger partial charge in [-0.25, -0.2) is 0 Å². The first-order valence-corrected chi connectivity index (χ1v) is 12.5. The molecule has 7 rings (SSSR count). The third-order valence-corrected chi connectivity index (χ3v) is 7.25. The molecule has 168 valence electrons. The first-order chi connectivity index (χ1) is 17.9. The van der Waals surface area contributed by atoms with Crippen LogP contribution in [-0.4, -0.2) is 0 Å². The highest BCUT2D eigenvalue weighted by molar-refractivity contribution is 6.23. The van der Waals surface area contributed by atoms with Gasteiger partial charge in [-0.2, -0.15) is 0 Å². The van der Waals surface area contributed by atoms with Crippen LogP contribution in [0.2, 0.25) is 0 Å². The van der Waals surface area contributed by atoms with Crippen LogP contribution in [0.5, 0.6) is 0 Å². The minimum Gasteiger partial charge on any atom is -0.0622 e. The fraction of sp³-hybridized carbons (Fsp3) is 0. The summed E-state index contributed by atoms with van der Waals surface area (Å²) in [5.41, 5.74) is 7.60. The van der Waals surface area contributed by atoms with Gasteiger partial charge in [0.25, 0.3) is 0 Å². The first kappa shape index (κ1) is 20.7. The molecular formula is C36H24. The summed E-state index contributed by atoms with van der Waals surface area (Å²) in [6, 6.07) is 52.7. The molecular weight excluding hydrogens is 432 g/mol. The topological polar surface area (TPSA) is 0 Å². The Balaban J connectivity index is 1.59. The van der Waals surface area contributed by atoms with Crippen molar-refractivity contribution in [2.75, 3.05) is 0 Å². The molecule has 0 radical (unpaired) electrons. The van der Waals surface area contributed by atoms with Gasteiger partial charge in [0.2, 0.25) is 0 Å². The smallest absolute Gasteiger partial charge is 0.00201 e. The lowest BCUT2D eigenvalue weighted by atomic mass is 9.84. The Morgan fingerprint density at radius 3 is 1.44 bits per heavy atom. The molecule has 0 saturated heterocycles. The lowest BCUT2D eigenvalue weighted by Crippen LogP contribution is -1.91. The molecule has 7 aromatic carbocycles. The third kappa shape index (κ3) is 3.31. The lowest BCUT2D eigenvalue weighted by molar-refractivity contribution is 1.61. The van der Waals surface area contributed by atoms with Crippen LogP contribution in [0.3, 0.4) is 0 Å². The maximum atomic E-state index is 2.33. The molecule has 0 bridgehead atoms. The van der Waals surface area contributed by atoms with Crippen molar-refractivity contribution in [2.24, 2.45) is 0 Å². The molecule has 0 saturated carbocycles. The number of benzene rings is 7. The van der Waals surface area contributed by atoms with E-state index in [1.165, 1.54) is 65.7 Å². The maximum absolute atomic E-state index is 2.33. The van der Waals surface area contributed by atoms with E-state index in [0.717, 1.165) is 0 Å². The molecule has 0 aliphatic rings. The van der Waals surface area contributed by atoms with E-state index in [4.69, 9.17) is 0 Å². The zero-order valence-corrected chi connectivity index (χ0v) is 19.9. The Hall–Kier alpha value is -4.68. The van der Waals surface area contributed by atoms with E-state index in [1.807, 2.05) is 0 Å². The van der Waals surface area contributed by atoms with Crippen LogP contribution in [0.4, 0.5) is 0 Å².